The van der Waals surface area contributed by atoms with Gasteiger partial charge in [0.1, 0.15) is 5.82 Å². The van der Waals surface area contributed by atoms with E-state index in [1.165, 1.54) is 12.1 Å². The molecule has 0 aliphatic heterocycles. The monoisotopic (exact) mass is 560 g/mol. The largest absolute Gasteiger partial charge is 0.377 e. The van der Waals surface area contributed by atoms with Crippen LogP contribution in [0.4, 0.5) is 22.2 Å². The Balaban J connectivity index is 1.18. The van der Waals surface area contributed by atoms with Gasteiger partial charge in [-0.25, -0.2) is 4.39 Å². The summed E-state index contributed by atoms with van der Waals surface area (Å²) < 4.78 is 24.7. The van der Waals surface area contributed by atoms with Gasteiger partial charge in [0.2, 0.25) is 17.8 Å². The molecule has 4 N–H and O–H groups in total. The second-order valence-corrected chi connectivity index (χ2v) is 8.74. The molecule has 0 bridgehead atoms. The van der Waals surface area contributed by atoms with E-state index in [9.17, 15) is 9.18 Å². The van der Waals surface area contributed by atoms with Gasteiger partial charge < -0.3 is 30.7 Å². The van der Waals surface area contributed by atoms with Gasteiger partial charge in [0.05, 0.1) is 38.7 Å². The Morgan fingerprint density at radius 3 is 2.10 bits per heavy atom. The van der Waals surface area contributed by atoms with Crippen LogP contribution in [-0.4, -0.2) is 65.4 Å². The van der Waals surface area contributed by atoms with Crippen molar-refractivity contribution >= 4 is 23.8 Å². The molecule has 0 radical (unpaired) electrons. The summed E-state index contributed by atoms with van der Waals surface area (Å²) in [5.41, 5.74) is 2.22. The van der Waals surface area contributed by atoms with E-state index in [0.29, 0.717) is 76.0 Å². The first kappa shape index (κ1) is 29.3. The van der Waals surface area contributed by atoms with Crippen molar-refractivity contribution in [2.24, 2.45) is 0 Å². The van der Waals surface area contributed by atoms with Gasteiger partial charge in [-0.2, -0.15) is 15.0 Å². The SMILES string of the molecule is O=C(NCCOCCOCCNc1nc(NCc2cccc(F)c2)nc(NCc2ccccn2)n1)c1ccccc1. The number of aromatic nitrogens is 4. The fraction of sp³-hybridized carbons (Fsp3) is 0.276. The molecular weight excluding hydrogens is 527 g/mol. The van der Waals surface area contributed by atoms with Crippen molar-refractivity contribution in [2.75, 3.05) is 55.5 Å². The number of carbonyl (C=O) groups is 1. The average Bonchev–Trinajstić information content (AvgIpc) is 3.01. The molecule has 0 aliphatic carbocycles. The quantitative estimate of drug-likeness (QED) is 0.142. The molecule has 11 nitrogen and oxygen atoms in total. The molecule has 0 saturated carbocycles. The summed E-state index contributed by atoms with van der Waals surface area (Å²) in [4.78, 5) is 29.6. The number of nitrogens with zero attached hydrogens (tertiary/aromatic N) is 4. The van der Waals surface area contributed by atoms with Crippen molar-refractivity contribution in [2.45, 2.75) is 13.1 Å². The number of benzene rings is 2. The molecular formula is C29H33FN8O3. The molecule has 4 aromatic rings. The third kappa shape index (κ3) is 10.8. The van der Waals surface area contributed by atoms with Crippen LogP contribution in [0.15, 0.2) is 79.0 Å². The van der Waals surface area contributed by atoms with E-state index in [1.807, 2.05) is 42.5 Å². The highest BCUT2D eigenvalue weighted by atomic mass is 19.1. The maximum absolute atomic E-state index is 13.5. The molecule has 41 heavy (non-hydrogen) atoms. The number of carbonyl (C=O) groups excluding carboxylic acids is 1. The van der Waals surface area contributed by atoms with Crippen molar-refractivity contribution in [3.05, 3.63) is 102 Å². The van der Waals surface area contributed by atoms with Crippen molar-refractivity contribution in [3.63, 3.8) is 0 Å². The van der Waals surface area contributed by atoms with Gasteiger partial charge in [-0.1, -0.05) is 36.4 Å². The molecule has 1 amide bonds. The van der Waals surface area contributed by atoms with Crippen molar-refractivity contribution in [1.29, 1.82) is 0 Å². The number of pyridine rings is 1. The second-order valence-electron chi connectivity index (χ2n) is 8.74. The molecule has 4 rings (SSSR count). The predicted molar refractivity (Wildman–Crippen MR) is 154 cm³/mol. The Morgan fingerprint density at radius 2 is 1.39 bits per heavy atom. The van der Waals surface area contributed by atoms with Gasteiger partial charge in [-0.05, 0) is 42.0 Å². The maximum Gasteiger partial charge on any atom is 0.251 e. The second kappa shape index (κ2) is 16.4. The molecule has 12 heteroatoms. The minimum atomic E-state index is -0.305. The zero-order valence-corrected chi connectivity index (χ0v) is 22.6. The Morgan fingerprint density at radius 1 is 0.707 bits per heavy atom. The summed E-state index contributed by atoms with van der Waals surface area (Å²) in [5, 5.41) is 12.2. The zero-order chi connectivity index (χ0) is 28.5. The van der Waals surface area contributed by atoms with E-state index in [-0.39, 0.29) is 11.7 Å². The normalized spacial score (nSPS) is 10.7. The van der Waals surface area contributed by atoms with Gasteiger partial charge in [0, 0.05) is 31.4 Å². The topological polar surface area (TPSA) is 135 Å². The van der Waals surface area contributed by atoms with E-state index < -0.39 is 0 Å². The highest BCUT2D eigenvalue weighted by Gasteiger charge is 2.08. The minimum absolute atomic E-state index is 0.128. The lowest BCUT2D eigenvalue weighted by Crippen LogP contribution is -2.27. The number of hydrogen-bond donors (Lipinski definition) is 4. The Bertz CT molecular complexity index is 1350. The van der Waals surface area contributed by atoms with Crippen LogP contribution in [0, 0.1) is 5.82 Å². The molecule has 0 unspecified atom stereocenters. The minimum Gasteiger partial charge on any atom is -0.377 e. The zero-order valence-electron chi connectivity index (χ0n) is 22.6. The van der Waals surface area contributed by atoms with E-state index in [2.05, 4.69) is 41.2 Å². The molecule has 0 saturated heterocycles. The lowest BCUT2D eigenvalue weighted by atomic mass is 10.2. The van der Waals surface area contributed by atoms with Crippen LogP contribution in [0.3, 0.4) is 0 Å². The van der Waals surface area contributed by atoms with Crippen molar-refractivity contribution in [1.82, 2.24) is 25.3 Å². The van der Waals surface area contributed by atoms with Crippen LogP contribution in [-0.2, 0) is 22.6 Å². The predicted octanol–water partition coefficient (Wildman–Crippen LogP) is 3.51. The van der Waals surface area contributed by atoms with Crippen LogP contribution < -0.4 is 21.3 Å². The third-order valence-corrected chi connectivity index (χ3v) is 5.60. The van der Waals surface area contributed by atoms with Crippen LogP contribution in [0.25, 0.3) is 0 Å². The van der Waals surface area contributed by atoms with E-state index >= 15 is 0 Å². The van der Waals surface area contributed by atoms with Crippen LogP contribution >= 0.6 is 0 Å². The summed E-state index contributed by atoms with van der Waals surface area (Å²) in [5.74, 6) is 0.629. The number of amides is 1. The number of anilines is 3. The van der Waals surface area contributed by atoms with Crippen molar-refractivity contribution < 1.29 is 18.7 Å². The molecule has 0 atom stereocenters. The Hall–Kier alpha value is -4.68. The van der Waals surface area contributed by atoms with Crippen LogP contribution in [0.5, 0.6) is 0 Å². The number of nitrogens with one attached hydrogen (secondary N) is 4. The average molecular weight is 561 g/mol. The van der Waals surface area contributed by atoms with Gasteiger partial charge >= 0.3 is 0 Å². The van der Waals surface area contributed by atoms with Crippen LogP contribution in [0.2, 0.25) is 0 Å². The van der Waals surface area contributed by atoms with Gasteiger partial charge in [-0.3, -0.25) is 9.78 Å². The van der Waals surface area contributed by atoms with Gasteiger partial charge in [0.15, 0.2) is 0 Å². The fourth-order valence-corrected chi connectivity index (χ4v) is 3.60. The maximum atomic E-state index is 13.5. The summed E-state index contributed by atoms with van der Waals surface area (Å²) in [7, 11) is 0. The van der Waals surface area contributed by atoms with E-state index in [0.717, 1.165) is 11.3 Å². The van der Waals surface area contributed by atoms with E-state index in [4.69, 9.17) is 9.47 Å². The summed E-state index contributed by atoms with van der Waals surface area (Å²) in [6, 6.07) is 21.0. The number of rotatable bonds is 17. The summed E-state index contributed by atoms with van der Waals surface area (Å²) in [6.07, 6.45) is 1.72. The number of hydrogen-bond acceptors (Lipinski definition) is 10. The molecule has 0 spiro atoms. The van der Waals surface area contributed by atoms with Crippen LogP contribution in [0.1, 0.15) is 21.6 Å². The molecule has 2 aromatic heterocycles. The lowest BCUT2D eigenvalue weighted by molar-refractivity contribution is 0.0519. The van der Waals surface area contributed by atoms with Gasteiger partial charge in [-0.15, -0.1) is 0 Å². The van der Waals surface area contributed by atoms with Gasteiger partial charge in [0.25, 0.3) is 5.91 Å². The smallest absolute Gasteiger partial charge is 0.251 e. The molecule has 2 heterocycles. The van der Waals surface area contributed by atoms with E-state index in [1.54, 1.807) is 24.4 Å². The highest BCUT2D eigenvalue weighted by molar-refractivity contribution is 5.94. The van der Waals surface area contributed by atoms with Crippen molar-refractivity contribution in [3.8, 4) is 0 Å². The molecule has 0 fully saturated rings. The lowest BCUT2D eigenvalue weighted by Gasteiger charge is -2.12. The fourth-order valence-electron chi connectivity index (χ4n) is 3.60. The first-order valence-corrected chi connectivity index (χ1v) is 13.3. The molecule has 2 aromatic carbocycles. The summed E-state index contributed by atoms with van der Waals surface area (Å²) in [6.45, 7) is 3.27. The third-order valence-electron chi connectivity index (χ3n) is 5.60. The summed E-state index contributed by atoms with van der Waals surface area (Å²) >= 11 is 0. The first-order valence-electron chi connectivity index (χ1n) is 13.3. The Kier molecular flexibility index (Phi) is 11.7. The Labute approximate surface area is 238 Å². The molecule has 0 aliphatic rings. The highest BCUT2D eigenvalue weighted by Crippen LogP contribution is 2.12. The molecule has 214 valence electrons. The number of ether oxygens (including phenoxy) is 2. The number of halogens is 1. The standard InChI is InChI=1S/C29H33FN8O3/c30-24-10-6-7-22(19-24)20-34-28-36-27(37-29(38-28)35-21-25-11-4-5-12-31-25)33-14-16-41-18-17-40-15-13-32-26(39)23-8-2-1-3-9-23/h1-12,19H,13-18,20-21H2,(H,32,39)(H3,33,34,35,36,37,38). The first-order chi connectivity index (χ1) is 20.2.